The summed E-state index contributed by atoms with van der Waals surface area (Å²) in [5, 5.41) is 9.93. The van der Waals surface area contributed by atoms with Crippen molar-refractivity contribution in [3.63, 3.8) is 0 Å². The molecular weight excluding hydrogens is 448 g/mol. The molecule has 0 unspecified atom stereocenters. The summed E-state index contributed by atoms with van der Waals surface area (Å²) < 4.78 is 6.83. The maximum Gasteiger partial charge on any atom is 0.266 e. The second-order valence-corrected chi connectivity index (χ2v) is 8.27. The van der Waals surface area contributed by atoms with Gasteiger partial charge in [-0.05, 0) is 36.4 Å². The van der Waals surface area contributed by atoms with Gasteiger partial charge in [0.2, 0.25) is 5.91 Å². The number of methoxy groups -OCH3 is 1. The summed E-state index contributed by atoms with van der Waals surface area (Å²) in [6, 6.07) is 25.6. The van der Waals surface area contributed by atoms with Crippen LogP contribution in [0, 0.1) is 11.3 Å². The molecular formula is C26H22N4O3S. The lowest BCUT2D eigenvalue weighted by Crippen LogP contribution is -2.33. The second kappa shape index (κ2) is 10.7. The number of thioether (sulfide) groups is 1. The lowest BCUT2D eigenvalue weighted by Gasteiger charge is -2.22. The van der Waals surface area contributed by atoms with Crippen LogP contribution in [0.2, 0.25) is 0 Å². The molecule has 0 N–H and O–H groups in total. The Morgan fingerprint density at radius 3 is 2.62 bits per heavy atom. The summed E-state index contributed by atoms with van der Waals surface area (Å²) in [4.78, 5) is 32.9. The molecule has 0 fully saturated rings. The van der Waals surface area contributed by atoms with Crippen LogP contribution < -0.4 is 15.2 Å². The summed E-state index contributed by atoms with van der Waals surface area (Å²) in [5.41, 5.74) is 1.66. The number of carbonyl (C=O) groups excluding carboxylic acids is 1. The van der Waals surface area contributed by atoms with E-state index < -0.39 is 0 Å². The van der Waals surface area contributed by atoms with Crippen molar-refractivity contribution in [1.29, 1.82) is 5.26 Å². The Bertz CT molecular complexity index is 1410. The average Bonchev–Trinajstić information content (AvgIpc) is 2.88. The van der Waals surface area contributed by atoms with Gasteiger partial charge in [-0.15, -0.1) is 0 Å². The zero-order chi connectivity index (χ0) is 23.9. The van der Waals surface area contributed by atoms with Crippen LogP contribution in [0.1, 0.15) is 6.42 Å². The van der Waals surface area contributed by atoms with Gasteiger partial charge in [-0.3, -0.25) is 14.2 Å². The van der Waals surface area contributed by atoms with Crippen molar-refractivity contribution in [2.45, 2.75) is 11.6 Å². The highest BCUT2D eigenvalue weighted by atomic mass is 32.2. The summed E-state index contributed by atoms with van der Waals surface area (Å²) >= 11 is 1.19. The topological polar surface area (TPSA) is 88.2 Å². The molecule has 34 heavy (non-hydrogen) atoms. The number of amides is 1. The van der Waals surface area contributed by atoms with Gasteiger partial charge in [0.1, 0.15) is 5.75 Å². The summed E-state index contributed by atoms with van der Waals surface area (Å²) in [5.74, 6) is 0.483. The van der Waals surface area contributed by atoms with Gasteiger partial charge in [0.05, 0.1) is 41.9 Å². The highest BCUT2D eigenvalue weighted by Crippen LogP contribution is 2.25. The molecule has 0 saturated heterocycles. The van der Waals surface area contributed by atoms with Crippen molar-refractivity contribution >= 4 is 34.3 Å². The number of nitriles is 1. The van der Waals surface area contributed by atoms with E-state index in [1.165, 1.54) is 16.3 Å². The predicted octanol–water partition coefficient (Wildman–Crippen LogP) is 4.43. The van der Waals surface area contributed by atoms with Crippen molar-refractivity contribution in [2.75, 3.05) is 24.3 Å². The van der Waals surface area contributed by atoms with Crippen LogP contribution in [0.25, 0.3) is 16.6 Å². The van der Waals surface area contributed by atoms with Crippen LogP contribution >= 0.6 is 11.8 Å². The van der Waals surface area contributed by atoms with Crippen LogP contribution in [0.3, 0.4) is 0 Å². The van der Waals surface area contributed by atoms with Gasteiger partial charge >= 0.3 is 0 Å². The summed E-state index contributed by atoms with van der Waals surface area (Å²) in [7, 11) is 1.56. The largest absolute Gasteiger partial charge is 0.497 e. The Balaban J connectivity index is 1.71. The number of fused-ring (bicyclic) bond motifs is 1. The first-order valence-electron chi connectivity index (χ1n) is 10.6. The Hall–Kier alpha value is -4.09. The molecule has 170 valence electrons. The van der Waals surface area contributed by atoms with E-state index in [1.807, 2.05) is 36.4 Å². The number of hydrogen-bond acceptors (Lipinski definition) is 6. The molecule has 0 atom stereocenters. The van der Waals surface area contributed by atoms with Crippen molar-refractivity contribution in [3.8, 4) is 17.5 Å². The number of para-hydroxylation sites is 2. The Morgan fingerprint density at radius 2 is 1.85 bits per heavy atom. The molecule has 4 rings (SSSR count). The van der Waals surface area contributed by atoms with Gasteiger partial charge in [0.25, 0.3) is 5.56 Å². The van der Waals surface area contributed by atoms with Crippen LogP contribution in [-0.2, 0) is 4.79 Å². The monoisotopic (exact) mass is 470 g/mol. The van der Waals surface area contributed by atoms with Crippen molar-refractivity contribution < 1.29 is 9.53 Å². The lowest BCUT2D eigenvalue weighted by molar-refractivity contribution is -0.116. The summed E-state index contributed by atoms with van der Waals surface area (Å²) in [6.07, 6.45) is 0.216. The average molecular weight is 471 g/mol. The highest BCUT2D eigenvalue weighted by molar-refractivity contribution is 7.99. The van der Waals surface area contributed by atoms with Gasteiger partial charge in [0, 0.05) is 18.3 Å². The Morgan fingerprint density at radius 1 is 1.09 bits per heavy atom. The fraction of sp³-hybridized carbons (Fsp3) is 0.154. The van der Waals surface area contributed by atoms with Gasteiger partial charge in [-0.1, -0.05) is 48.2 Å². The number of anilines is 1. The lowest BCUT2D eigenvalue weighted by atomic mass is 10.2. The van der Waals surface area contributed by atoms with Gasteiger partial charge in [-0.2, -0.15) is 5.26 Å². The molecule has 1 amide bonds. The Labute approximate surface area is 201 Å². The Kier molecular flexibility index (Phi) is 7.25. The quantitative estimate of drug-likeness (QED) is 0.280. The highest BCUT2D eigenvalue weighted by Gasteiger charge is 2.19. The number of carbonyl (C=O) groups is 1. The van der Waals surface area contributed by atoms with Crippen molar-refractivity contribution in [2.24, 2.45) is 0 Å². The zero-order valence-corrected chi connectivity index (χ0v) is 19.4. The van der Waals surface area contributed by atoms with Crippen LogP contribution in [0.5, 0.6) is 5.75 Å². The minimum absolute atomic E-state index is 0.0507. The SMILES string of the molecule is COc1cccc(-n2c(SCC(=O)N(CCC#N)c3ccccc3)nc3ccccc3c2=O)c1. The van der Waals surface area contributed by atoms with Crippen LogP contribution in [0.4, 0.5) is 5.69 Å². The zero-order valence-electron chi connectivity index (χ0n) is 18.5. The van der Waals surface area contributed by atoms with E-state index in [1.54, 1.807) is 54.5 Å². The van der Waals surface area contributed by atoms with E-state index >= 15 is 0 Å². The molecule has 4 aromatic rings. The fourth-order valence-corrected chi connectivity index (χ4v) is 4.45. The molecule has 1 aromatic heterocycles. The molecule has 8 heteroatoms. The van der Waals surface area contributed by atoms with E-state index in [4.69, 9.17) is 15.0 Å². The van der Waals surface area contributed by atoms with Crippen molar-refractivity contribution in [3.05, 3.63) is 89.2 Å². The van der Waals surface area contributed by atoms with E-state index in [0.717, 1.165) is 5.69 Å². The van der Waals surface area contributed by atoms with Crippen molar-refractivity contribution in [1.82, 2.24) is 9.55 Å². The molecule has 0 aliphatic heterocycles. The number of benzene rings is 3. The molecule has 1 heterocycles. The van der Waals surface area contributed by atoms with Crippen LogP contribution in [0.15, 0.2) is 88.8 Å². The van der Waals surface area contributed by atoms with Gasteiger partial charge in [0.15, 0.2) is 5.16 Å². The normalized spacial score (nSPS) is 10.6. The molecule has 0 spiro atoms. The smallest absolute Gasteiger partial charge is 0.266 e. The van der Waals surface area contributed by atoms with Gasteiger partial charge < -0.3 is 9.64 Å². The molecule has 0 aliphatic carbocycles. The van der Waals surface area contributed by atoms with Crippen LogP contribution in [-0.4, -0.2) is 34.9 Å². The fourth-order valence-electron chi connectivity index (χ4n) is 3.56. The number of ether oxygens (including phenoxy) is 1. The first-order chi connectivity index (χ1) is 16.6. The minimum Gasteiger partial charge on any atom is -0.497 e. The standard InChI is InChI=1S/C26H22N4O3S/c1-33-21-12-7-11-20(17-21)30-25(32)22-13-5-6-14-23(22)28-26(30)34-18-24(31)29(16-8-15-27)19-9-3-2-4-10-19/h2-7,9-14,17H,8,16,18H2,1H3. The maximum absolute atomic E-state index is 13.4. The van der Waals surface area contributed by atoms with E-state index in [9.17, 15) is 9.59 Å². The number of rotatable bonds is 8. The maximum atomic E-state index is 13.4. The number of hydrogen-bond donors (Lipinski definition) is 0. The van der Waals surface area contributed by atoms with E-state index in [0.29, 0.717) is 27.5 Å². The molecule has 0 aliphatic rings. The predicted molar refractivity (Wildman–Crippen MR) is 134 cm³/mol. The molecule has 7 nitrogen and oxygen atoms in total. The molecule has 0 saturated carbocycles. The first-order valence-corrected chi connectivity index (χ1v) is 11.6. The van der Waals surface area contributed by atoms with E-state index in [2.05, 4.69) is 6.07 Å². The second-order valence-electron chi connectivity index (χ2n) is 7.33. The number of nitrogens with zero attached hydrogens (tertiary/aromatic N) is 4. The summed E-state index contributed by atoms with van der Waals surface area (Å²) in [6.45, 7) is 0.285. The van der Waals surface area contributed by atoms with E-state index in [-0.39, 0.29) is 30.2 Å². The molecule has 0 radical (unpaired) electrons. The molecule has 3 aromatic carbocycles. The minimum atomic E-state index is -0.224. The third kappa shape index (κ3) is 4.95. The first kappa shape index (κ1) is 23.1. The third-order valence-electron chi connectivity index (χ3n) is 5.20. The molecule has 0 bridgehead atoms. The van der Waals surface area contributed by atoms with Gasteiger partial charge in [-0.25, -0.2) is 4.98 Å². The number of aromatic nitrogens is 2. The third-order valence-corrected chi connectivity index (χ3v) is 6.12.